The van der Waals surface area contributed by atoms with E-state index in [2.05, 4.69) is 216 Å². The summed E-state index contributed by atoms with van der Waals surface area (Å²) in [5, 5.41) is 5.08. The molecular weight excluding hydrogens is 653 g/mol. The van der Waals surface area contributed by atoms with Gasteiger partial charge in [0, 0.05) is 38.9 Å². The minimum absolute atomic E-state index is 1.04. The van der Waals surface area contributed by atoms with Gasteiger partial charge in [0.2, 0.25) is 0 Å². The fourth-order valence-corrected chi connectivity index (χ4v) is 8.11. The third-order valence-corrected chi connectivity index (χ3v) is 10.8. The maximum atomic E-state index is 2.42. The molecule has 0 spiro atoms. The number of fused-ring (bicyclic) bond motifs is 5. The molecule has 0 saturated carbocycles. The van der Waals surface area contributed by atoms with Gasteiger partial charge in [0.05, 0.1) is 11.0 Å². The Hall–Kier alpha value is -6.90. The zero-order valence-corrected chi connectivity index (χ0v) is 29.9. The van der Waals surface area contributed by atoms with Gasteiger partial charge in [0.15, 0.2) is 0 Å². The van der Waals surface area contributed by atoms with Crippen LogP contribution in [0.2, 0.25) is 0 Å². The predicted molar refractivity (Wildman–Crippen MR) is 230 cm³/mol. The molecule has 1 heterocycles. The Morgan fingerprint density at radius 3 is 1.52 bits per heavy atom. The molecule has 0 N–H and O–H groups in total. The van der Waals surface area contributed by atoms with Crippen LogP contribution < -0.4 is 4.90 Å². The lowest BCUT2D eigenvalue weighted by Crippen LogP contribution is -2.16. The van der Waals surface area contributed by atoms with Crippen molar-refractivity contribution in [3.63, 3.8) is 0 Å². The fraction of sp³-hybridized carbons (Fsp3) is 0.0385. The molecule has 1 aromatic heterocycles. The van der Waals surface area contributed by atoms with Crippen molar-refractivity contribution in [3.05, 3.63) is 212 Å². The first kappa shape index (κ1) is 31.8. The van der Waals surface area contributed by atoms with Crippen molar-refractivity contribution in [3.8, 4) is 39.1 Å². The van der Waals surface area contributed by atoms with Crippen LogP contribution in [0.25, 0.3) is 71.6 Å². The van der Waals surface area contributed by atoms with Gasteiger partial charge < -0.3 is 9.47 Å². The first-order valence-corrected chi connectivity index (χ1v) is 18.8. The van der Waals surface area contributed by atoms with Gasteiger partial charge in [-0.05, 0) is 100 Å². The maximum Gasteiger partial charge on any atom is 0.0619 e. The highest BCUT2D eigenvalue weighted by Gasteiger charge is 2.17. The van der Waals surface area contributed by atoms with Crippen LogP contribution in [-0.2, 0) is 0 Å². The molecule has 1 aliphatic rings. The van der Waals surface area contributed by atoms with Crippen LogP contribution in [0.5, 0.6) is 0 Å². The summed E-state index contributed by atoms with van der Waals surface area (Å²) in [4.78, 5) is 2.37. The molecular formula is C52H38N2. The van der Waals surface area contributed by atoms with Crippen molar-refractivity contribution in [1.82, 2.24) is 4.57 Å². The van der Waals surface area contributed by atoms with Crippen molar-refractivity contribution < 1.29 is 0 Å². The lowest BCUT2D eigenvalue weighted by Gasteiger charge is -2.28. The van der Waals surface area contributed by atoms with Crippen LogP contribution in [0, 0.1) is 0 Å². The highest BCUT2D eigenvalue weighted by Crippen LogP contribution is 2.38. The van der Waals surface area contributed by atoms with Gasteiger partial charge in [-0.2, -0.15) is 0 Å². The summed E-state index contributed by atoms with van der Waals surface area (Å²) in [5.41, 5.74) is 14.4. The van der Waals surface area contributed by atoms with E-state index in [1.165, 1.54) is 71.7 Å². The van der Waals surface area contributed by atoms with E-state index in [1.54, 1.807) is 0 Å². The lowest BCUT2D eigenvalue weighted by molar-refractivity contribution is 0.997. The van der Waals surface area contributed by atoms with E-state index < -0.39 is 0 Å². The molecule has 0 radical (unpaired) electrons. The van der Waals surface area contributed by atoms with Crippen molar-refractivity contribution in [2.75, 3.05) is 4.90 Å². The maximum absolute atomic E-state index is 2.42. The summed E-state index contributed by atoms with van der Waals surface area (Å²) >= 11 is 0. The number of rotatable bonds is 7. The smallest absolute Gasteiger partial charge is 0.0619 e. The lowest BCUT2D eigenvalue weighted by atomic mass is 10.00. The predicted octanol–water partition coefficient (Wildman–Crippen LogP) is 14.3. The Balaban J connectivity index is 0.955. The number of hydrogen-bond donors (Lipinski definition) is 0. The van der Waals surface area contributed by atoms with Gasteiger partial charge in [0.1, 0.15) is 0 Å². The molecule has 1 aliphatic carbocycles. The molecule has 0 amide bonds. The molecule has 0 aliphatic heterocycles. The zero-order valence-electron chi connectivity index (χ0n) is 29.9. The standard InChI is InChI=1S/C52H38N2/c1-3-11-37(12-4-1)38-19-21-39(22-20-38)40-23-30-45(31-24-40)53(44-14-5-2-6-15-44)46-32-25-41(26-33-46)42-27-34-47(35-28-42)54-51-18-10-9-17-49(51)50-36-29-43-13-7-8-16-48(43)52(50)54/h1,3-5,7-36H,2,6H2. The van der Waals surface area contributed by atoms with Gasteiger partial charge in [-0.1, -0.05) is 158 Å². The van der Waals surface area contributed by atoms with Crippen molar-refractivity contribution in [1.29, 1.82) is 0 Å². The molecule has 0 atom stereocenters. The van der Waals surface area contributed by atoms with E-state index >= 15 is 0 Å². The third kappa shape index (κ3) is 5.70. The second kappa shape index (κ2) is 13.6. The monoisotopic (exact) mass is 690 g/mol. The molecule has 0 saturated heterocycles. The number of benzene rings is 8. The molecule has 9 aromatic rings. The number of aromatic nitrogens is 1. The quantitative estimate of drug-likeness (QED) is 0.162. The highest BCUT2D eigenvalue weighted by molar-refractivity contribution is 6.18. The van der Waals surface area contributed by atoms with Gasteiger partial charge in [-0.15, -0.1) is 0 Å². The molecule has 0 fully saturated rings. The van der Waals surface area contributed by atoms with E-state index in [-0.39, 0.29) is 0 Å². The topological polar surface area (TPSA) is 8.17 Å². The Morgan fingerprint density at radius 2 is 0.907 bits per heavy atom. The van der Waals surface area contributed by atoms with E-state index in [0.717, 1.165) is 29.9 Å². The second-order valence-corrected chi connectivity index (χ2v) is 14.1. The molecule has 54 heavy (non-hydrogen) atoms. The Kier molecular flexibility index (Phi) is 8.00. The fourth-order valence-electron chi connectivity index (χ4n) is 8.11. The molecule has 10 rings (SSSR count). The largest absolute Gasteiger partial charge is 0.311 e. The minimum atomic E-state index is 1.04. The molecule has 0 unspecified atom stereocenters. The number of anilines is 2. The third-order valence-electron chi connectivity index (χ3n) is 10.8. The van der Waals surface area contributed by atoms with Crippen LogP contribution >= 0.6 is 0 Å². The van der Waals surface area contributed by atoms with Gasteiger partial charge in [-0.3, -0.25) is 0 Å². The van der Waals surface area contributed by atoms with E-state index in [4.69, 9.17) is 0 Å². The van der Waals surface area contributed by atoms with Crippen molar-refractivity contribution in [2.24, 2.45) is 0 Å². The summed E-state index contributed by atoms with van der Waals surface area (Å²) in [7, 11) is 0. The zero-order chi connectivity index (χ0) is 35.8. The Morgan fingerprint density at radius 1 is 0.389 bits per heavy atom. The average Bonchev–Trinajstić information content (AvgIpc) is 3.60. The first-order valence-electron chi connectivity index (χ1n) is 18.8. The number of nitrogens with zero attached hydrogens (tertiary/aromatic N) is 2. The van der Waals surface area contributed by atoms with Crippen LogP contribution in [0.1, 0.15) is 12.8 Å². The highest BCUT2D eigenvalue weighted by atomic mass is 15.1. The van der Waals surface area contributed by atoms with Crippen molar-refractivity contribution >= 4 is 44.0 Å². The summed E-state index contributed by atoms with van der Waals surface area (Å²) < 4.78 is 2.42. The summed E-state index contributed by atoms with van der Waals surface area (Å²) in [5.74, 6) is 0. The van der Waals surface area contributed by atoms with E-state index in [1.807, 2.05) is 0 Å². The van der Waals surface area contributed by atoms with E-state index in [9.17, 15) is 0 Å². The summed E-state index contributed by atoms with van der Waals surface area (Å²) in [6.45, 7) is 0. The number of hydrogen-bond acceptors (Lipinski definition) is 1. The Bertz CT molecular complexity index is 2820. The average molecular weight is 691 g/mol. The van der Waals surface area contributed by atoms with Crippen LogP contribution in [0.3, 0.4) is 0 Å². The molecule has 2 heteroatoms. The molecule has 0 bridgehead atoms. The molecule has 2 nitrogen and oxygen atoms in total. The normalized spacial score (nSPS) is 12.7. The van der Waals surface area contributed by atoms with Crippen LogP contribution in [-0.4, -0.2) is 4.57 Å². The van der Waals surface area contributed by atoms with Gasteiger partial charge >= 0.3 is 0 Å². The van der Waals surface area contributed by atoms with Crippen molar-refractivity contribution in [2.45, 2.75) is 12.8 Å². The van der Waals surface area contributed by atoms with Crippen LogP contribution in [0.4, 0.5) is 11.4 Å². The summed E-state index contributed by atoms with van der Waals surface area (Å²) in [6.07, 6.45) is 9.00. The SMILES string of the molecule is C1=CC(N(c2ccc(-c3ccc(-c4ccccc4)cc3)cc2)c2ccc(-c3ccc(-n4c5ccccc5c5ccc6ccccc6c54)cc3)cc2)=CCC1. The van der Waals surface area contributed by atoms with Gasteiger partial charge in [0.25, 0.3) is 0 Å². The number of allylic oxidation sites excluding steroid dienone is 3. The Labute approximate surface area is 316 Å². The molecule has 256 valence electrons. The first-order chi connectivity index (χ1) is 26.8. The second-order valence-electron chi connectivity index (χ2n) is 14.1. The van der Waals surface area contributed by atoms with Crippen LogP contribution in [0.15, 0.2) is 212 Å². The number of para-hydroxylation sites is 1. The summed E-state index contributed by atoms with van der Waals surface area (Å²) in [6, 6.07) is 68.4. The van der Waals surface area contributed by atoms with Gasteiger partial charge in [-0.25, -0.2) is 0 Å². The van der Waals surface area contributed by atoms with E-state index in [0.29, 0.717) is 0 Å². The molecule has 8 aromatic carbocycles. The minimum Gasteiger partial charge on any atom is -0.311 e.